The van der Waals surface area contributed by atoms with E-state index in [1.165, 1.54) is 44.9 Å². The number of nitrogens with two attached hydrogens (primary N) is 1. The Kier molecular flexibility index (Phi) is 4.26. The van der Waals surface area contributed by atoms with E-state index in [1.54, 1.807) is 0 Å². The van der Waals surface area contributed by atoms with Crippen LogP contribution in [0.1, 0.15) is 58.3 Å². The summed E-state index contributed by atoms with van der Waals surface area (Å²) in [6, 6.07) is 0. The molecule has 16 heavy (non-hydrogen) atoms. The SMILES string of the molecule is C[C@@H]1CCCC(C2CCCC(C(N)O)C2)C1. The molecule has 0 bridgehead atoms. The van der Waals surface area contributed by atoms with Gasteiger partial charge in [0.1, 0.15) is 6.23 Å². The van der Waals surface area contributed by atoms with Crippen molar-refractivity contribution >= 4 is 0 Å². The Morgan fingerprint density at radius 3 is 2.25 bits per heavy atom. The number of hydrogen-bond acceptors (Lipinski definition) is 2. The molecule has 3 N–H and O–H groups in total. The Balaban J connectivity index is 1.88. The summed E-state index contributed by atoms with van der Waals surface area (Å²) < 4.78 is 0. The topological polar surface area (TPSA) is 46.2 Å². The number of aliphatic hydroxyl groups excluding tert-OH is 1. The molecule has 0 aromatic carbocycles. The van der Waals surface area contributed by atoms with Crippen molar-refractivity contribution in [2.75, 3.05) is 0 Å². The molecule has 0 saturated heterocycles. The quantitative estimate of drug-likeness (QED) is 0.710. The van der Waals surface area contributed by atoms with Gasteiger partial charge >= 0.3 is 0 Å². The second kappa shape index (κ2) is 5.50. The van der Waals surface area contributed by atoms with E-state index in [2.05, 4.69) is 6.92 Å². The average Bonchev–Trinajstić information content (AvgIpc) is 2.29. The van der Waals surface area contributed by atoms with Gasteiger partial charge in [-0.1, -0.05) is 39.0 Å². The van der Waals surface area contributed by atoms with E-state index < -0.39 is 6.23 Å². The van der Waals surface area contributed by atoms with Gasteiger partial charge in [0.15, 0.2) is 0 Å². The van der Waals surface area contributed by atoms with E-state index in [9.17, 15) is 5.11 Å². The van der Waals surface area contributed by atoms with E-state index in [0.717, 1.165) is 24.2 Å². The van der Waals surface area contributed by atoms with Crippen molar-refractivity contribution in [1.29, 1.82) is 0 Å². The molecule has 0 radical (unpaired) electrons. The molecule has 2 saturated carbocycles. The summed E-state index contributed by atoms with van der Waals surface area (Å²) in [4.78, 5) is 0. The molecule has 0 aromatic heterocycles. The first-order valence-corrected chi connectivity index (χ1v) is 7.10. The van der Waals surface area contributed by atoms with Crippen LogP contribution in [0.15, 0.2) is 0 Å². The maximum atomic E-state index is 9.52. The summed E-state index contributed by atoms with van der Waals surface area (Å²) in [5, 5.41) is 9.52. The zero-order valence-corrected chi connectivity index (χ0v) is 10.6. The predicted molar refractivity (Wildman–Crippen MR) is 66.8 cm³/mol. The average molecular weight is 225 g/mol. The second-order valence-corrected chi connectivity index (χ2v) is 6.21. The Labute approximate surface area is 99.6 Å². The lowest BCUT2D eigenvalue weighted by atomic mass is 9.68. The van der Waals surface area contributed by atoms with Crippen LogP contribution in [-0.2, 0) is 0 Å². The van der Waals surface area contributed by atoms with Crippen molar-refractivity contribution in [1.82, 2.24) is 0 Å². The van der Waals surface area contributed by atoms with Gasteiger partial charge in [-0.25, -0.2) is 0 Å². The Hall–Kier alpha value is -0.0800. The molecule has 2 aliphatic carbocycles. The summed E-state index contributed by atoms with van der Waals surface area (Å²) in [5.41, 5.74) is 5.64. The summed E-state index contributed by atoms with van der Waals surface area (Å²) in [5.74, 6) is 3.06. The van der Waals surface area contributed by atoms with Crippen molar-refractivity contribution in [3.8, 4) is 0 Å². The van der Waals surface area contributed by atoms with E-state index in [1.807, 2.05) is 0 Å². The van der Waals surface area contributed by atoms with Gasteiger partial charge in [-0.2, -0.15) is 0 Å². The fourth-order valence-corrected chi connectivity index (χ4v) is 3.91. The van der Waals surface area contributed by atoms with E-state index in [0.29, 0.717) is 5.92 Å². The van der Waals surface area contributed by atoms with Crippen LogP contribution in [0.2, 0.25) is 0 Å². The van der Waals surface area contributed by atoms with Gasteiger partial charge in [-0.3, -0.25) is 0 Å². The molecule has 2 fully saturated rings. The minimum atomic E-state index is -0.580. The third kappa shape index (κ3) is 2.98. The fourth-order valence-electron chi connectivity index (χ4n) is 3.91. The Morgan fingerprint density at radius 2 is 1.62 bits per heavy atom. The van der Waals surface area contributed by atoms with Crippen LogP contribution in [0.5, 0.6) is 0 Å². The minimum Gasteiger partial charge on any atom is -0.379 e. The molecule has 5 atom stereocenters. The van der Waals surface area contributed by atoms with Crippen LogP contribution in [0.25, 0.3) is 0 Å². The van der Waals surface area contributed by atoms with Crippen LogP contribution < -0.4 is 5.73 Å². The van der Waals surface area contributed by atoms with Crippen LogP contribution >= 0.6 is 0 Å². The number of rotatable bonds is 2. The van der Waals surface area contributed by atoms with Crippen molar-refractivity contribution in [2.45, 2.75) is 64.5 Å². The summed E-state index contributed by atoms with van der Waals surface area (Å²) in [6.07, 6.45) is 10.1. The van der Waals surface area contributed by atoms with Crippen LogP contribution in [0.4, 0.5) is 0 Å². The van der Waals surface area contributed by atoms with Gasteiger partial charge in [0.05, 0.1) is 0 Å². The highest BCUT2D eigenvalue weighted by Crippen LogP contribution is 2.42. The molecule has 4 unspecified atom stereocenters. The highest BCUT2D eigenvalue weighted by Gasteiger charge is 2.32. The monoisotopic (exact) mass is 225 g/mol. The molecular weight excluding hydrogens is 198 g/mol. The fraction of sp³-hybridized carbons (Fsp3) is 1.00. The highest BCUT2D eigenvalue weighted by atomic mass is 16.3. The lowest BCUT2D eigenvalue weighted by Gasteiger charge is -2.38. The standard InChI is InChI=1S/C14H27NO/c1-10-4-2-5-11(8-10)12-6-3-7-13(9-12)14(15)16/h10-14,16H,2-9,15H2,1H3/t10-,11?,12?,13?,14?/m1/s1. The number of aliphatic hydroxyl groups is 1. The van der Waals surface area contributed by atoms with E-state index >= 15 is 0 Å². The first kappa shape index (κ1) is 12.4. The minimum absolute atomic E-state index is 0.371. The van der Waals surface area contributed by atoms with Crippen LogP contribution in [-0.4, -0.2) is 11.3 Å². The molecule has 0 aromatic rings. The van der Waals surface area contributed by atoms with E-state index in [4.69, 9.17) is 5.73 Å². The molecule has 2 rings (SSSR count). The lowest BCUT2D eigenvalue weighted by Crippen LogP contribution is -2.35. The third-order valence-corrected chi connectivity index (χ3v) is 4.88. The molecule has 2 aliphatic rings. The third-order valence-electron chi connectivity index (χ3n) is 4.88. The van der Waals surface area contributed by atoms with Gasteiger partial charge in [0.2, 0.25) is 0 Å². The van der Waals surface area contributed by atoms with Crippen LogP contribution in [0.3, 0.4) is 0 Å². The van der Waals surface area contributed by atoms with Gasteiger partial charge < -0.3 is 10.8 Å². The smallest absolute Gasteiger partial charge is 0.105 e. The van der Waals surface area contributed by atoms with Crippen molar-refractivity contribution < 1.29 is 5.11 Å². The molecule has 0 spiro atoms. The zero-order valence-electron chi connectivity index (χ0n) is 10.6. The van der Waals surface area contributed by atoms with E-state index in [-0.39, 0.29) is 0 Å². The van der Waals surface area contributed by atoms with Crippen molar-refractivity contribution in [3.63, 3.8) is 0 Å². The van der Waals surface area contributed by atoms with Crippen molar-refractivity contribution in [3.05, 3.63) is 0 Å². The van der Waals surface area contributed by atoms with Gasteiger partial charge in [0.25, 0.3) is 0 Å². The maximum absolute atomic E-state index is 9.52. The van der Waals surface area contributed by atoms with Crippen LogP contribution in [0, 0.1) is 23.7 Å². The molecule has 0 heterocycles. The maximum Gasteiger partial charge on any atom is 0.105 e. The summed E-state index contributed by atoms with van der Waals surface area (Å²) >= 11 is 0. The van der Waals surface area contributed by atoms with Gasteiger partial charge in [-0.05, 0) is 42.9 Å². The lowest BCUT2D eigenvalue weighted by molar-refractivity contribution is 0.0509. The van der Waals surface area contributed by atoms with Crippen molar-refractivity contribution in [2.24, 2.45) is 29.4 Å². The largest absolute Gasteiger partial charge is 0.379 e. The molecule has 2 nitrogen and oxygen atoms in total. The highest BCUT2D eigenvalue weighted by molar-refractivity contribution is 4.83. The van der Waals surface area contributed by atoms with Gasteiger partial charge in [-0.15, -0.1) is 0 Å². The first-order chi connectivity index (χ1) is 7.66. The predicted octanol–water partition coefficient (Wildman–Crippen LogP) is 2.90. The summed E-state index contributed by atoms with van der Waals surface area (Å²) in [7, 11) is 0. The van der Waals surface area contributed by atoms with Gasteiger partial charge in [0, 0.05) is 0 Å². The molecular formula is C14H27NO. The first-order valence-electron chi connectivity index (χ1n) is 7.10. The Bertz CT molecular complexity index is 217. The molecule has 2 heteroatoms. The molecule has 0 aliphatic heterocycles. The molecule has 94 valence electrons. The summed E-state index contributed by atoms with van der Waals surface area (Å²) in [6.45, 7) is 2.39. The molecule has 0 amide bonds. The normalized spacial score (nSPS) is 42.9. The number of hydrogen-bond donors (Lipinski definition) is 2. The zero-order chi connectivity index (χ0) is 11.5. The Morgan fingerprint density at radius 1 is 1.00 bits per heavy atom. The second-order valence-electron chi connectivity index (χ2n) is 6.21.